The monoisotopic (exact) mass is 456 g/mol. The van der Waals surface area contributed by atoms with Gasteiger partial charge in [-0.3, -0.25) is 4.90 Å². The molecule has 162 valence electrons. The van der Waals surface area contributed by atoms with Crippen molar-refractivity contribution >= 4 is 39.2 Å². The van der Waals surface area contributed by atoms with Gasteiger partial charge in [0.15, 0.2) is 0 Å². The summed E-state index contributed by atoms with van der Waals surface area (Å²) in [6.07, 6.45) is 5.42. The normalized spacial score (nSPS) is 23.2. The lowest BCUT2D eigenvalue weighted by molar-refractivity contribution is 0.121. The predicted octanol–water partition coefficient (Wildman–Crippen LogP) is 4.95. The van der Waals surface area contributed by atoms with E-state index >= 15 is 0 Å². The summed E-state index contributed by atoms with van der Waals surface area (Å²) in [5.74, 6) is 0.785. The molecule has 2 bridgehead atoms. The fourth-order valence-electron chi connectivity index (χ4n) is 4.96. The Morgan fingerprint density at radius 2 is 1.94 bits per heavy atom. The average molecular weight is 457 g/mol. The van der Waals surface area contributed by atoms with E-state index in [1.165, 1.54) is 29.7 Å². The van der Waals surface area contributed by atoms with Crippen molar-refractivity contribution < 1.29 is 9.53 Å². The molecule has 2 fully saturated rings. The van der Waals surface area contributed by atoms with Crippen LogP contribution in [0.2, 0.25) is 5.02 Å². The van der Waals surface area contributed by atoms with Crippen molar-refractivity contribution in [3.63, 3.8) is 0 Å². The van der Waals surface area contributed by atoms with Gasteiger partial charge in [0.2, 0.25) is 0 Å². The molecule has 0 aliphatic carbocycles. The van der Waals surface area contributed by atoms with E-state index in [0.717, 1.165) is 41.8 Å². The van der Waals surface area contributed by atoms with Crippen LogP contribution in [0.3, 0.4) is 0 Å². The van der Waals surface area contributed by atoms with Crippen LogP contribution in [0.4, 0.5) is 4.79 Å². The number of ether oxygens (including phenoxy) is 1. The van der Waals surface area contributed by atoms with Crippen LogP contribution in [0.15, 0.2) is 42.5 Å². The zero-order valence-corrected chi connectivity index (χ0v) is 18.7. The van der Waals surface area contributed by atoms with Crippen molar-refractivity contribution in [2.75, 3.05) is 6.54 Å². The lowest BCUT2D eigenvalue weighted by Crippen LogP contribution is -2.51. The van der Waals surface area contributed by atoms with Gasteiger partial charge in [0.05, 0.1) is 10.2 Å². The largest absolute Gasteiger partial charge is 0.431 e. The number of rotatable bonds is 6. The highest BCUT2D eigenvalue weighted by Gasteiger charge is 2.40. The second-order valence-electron chi connectivity index (χ2n) is 8.39. The van der Waals surface area contributed by atoms with Gasteiger partial charge in [-0.2, -0.15) is 0 Å². The summed E-state index contributed by atoms with van der Waals surface area (Å²) in [5, 5.41) is 4.22. The maximum absolute atomic E-state index is 11.2. The molecule has 0 unspecified atom stereocenters. The molecule has 1 aromatic heterocycles. The second-order valence-corrected chi connectivity index (χ2v) is 9.82. The number of hydrogen-bond donors (Lipinski definition) is 2. The first kappa shape index (κ1) is 20.5. The molecular formula is C23H25ClN4O2S. The van der Waals surface area contributed by atoms with Gasteiger partial charge >= 0.3 is 6.03 Å². The van der Waals surface area contributed by atoms with E-state index in [4.69, 9.17) is 22.1 Å². The number of halogens is 1. The summed E-state index contributed by atoms with van der Waals surface area (Å²) in [6, 6.07) is 14.8. The Kier molecular flexibility index (Phi) is 5.73. The Bertz CT molecular complexity index is 1070. The molecule has 5 rings (SSSR count). The molecular weight excluding hydrogens is 432 g/mol. The molecule has 0 saturated carbocycles. The molecule has 2 amide bonds. The van der Waals surface area contributed by atoms with Crippen molar-refractivity contribution in [2.24, 2.45) is 5.73 Å². The van der Waals surface area contributed by atoms with Gasteiger partial charge in [-0.05, 0) is 68.0 Å². The minimum absolute atomic E-state index is 0.223. The first-order valence-electron chi connectivity index (χ1n) is 10.7. The Labute approximate surface area is 190 Å². The Hall–Kier alpha value is -2.35. The van der Waals surface area contributed by atoms with Crippen LogP contribution < -0.4 is 15.8 Å². The number of piperidine rings is 1. The lowest BCUT2D eigenvalue weighted by Gasteiger charge is -2.39. The molecule has 0 radical (unpaired) electrons. The molecule has 6 nitrogen and oxygen atoms in total. The van der Waals surface area contributed by atoms with Crippen molar-refractivity contribution in [1.29, 1.82) is 0 Å². The minimum atomic E-state index is -0.408. The van der Waals surface area contributed by atoms with Gasteiger partial charge < -0.3 is 15.8 Å². The zero-order chi connectivity index (χ0) is 21.4. The molecule has 3 aromatic rings. The molecule has 31 heavy (non-hydrogen) atoms. The van der Waals surface area contributed by atoms with Crippen LogP contribution in [-0.4, -0.2) is 40.6 Å². The van der Waals surface area contributed by atoms with Crippen molar-refractivity contribution in [3.8, 4) is 10.9 Å². The average Bonchev–Trinajstić information content (AvgIpc) is 3.23. The van der Waals surface area contributed by atoms with Gasteiger partial charge in [0.1, 0.15) is 5.75 Å². The molecule has 2 aliphatic rings. The summed E-state index contributed by atoms with van der Waals surface area (Å²) in [6.45, 7) is 1.04. The standard InChI is InChI=1S/C23H25ClN4O2S/c24-15-3-8-20-21(11-15)31-23(27-20)30-19-6-1-14(2-7-19)9-10-28-17-4-5-18(28)13-16(12-17)26-22(25)29/h1-3,6-8,11,16-18H,4-5,9-10,12-13H2,(H3,25,26,29)/t17-,18-/m1/s1. The highest BCUT2D eigenvalue weighted by atomic mass is 35.5. The highest BCUT2D eigenvalue weighted by molar-refractivity contribution is 7.20. The zero-order valence-electron chi connectivity index (χ0n) is 17.1. The molecule has 2 aromatic carbocycles. The van der Waals surface area contributed by atoms with E-state index in [1.54, 1.807) is 0 Å². The van der Waals surface area contributed by atoms with Gasteiger partial charge in [-0.15, -0.1) is 0 Å². The number of nitrogens with two attached hydrogens (primary N) is 1. The van der Waals surface area contributed by atoms with Crippen LogP contribution in [0, 0.1) is 0 Å². The number of primary amides is 1. The topological polar surface area (TPSA) is 80.5 Å². The molecule has 2 atom stereocenters. The van der Waals surface area contributed by atoms with Gasteiger partial charge in [0.25, 0.3) is 5.19 Å². The molecule has 2 aliphatic heterocycles. The Morgan fingerprint density at radius 3 is 2.65 bits per heavy atom. The summed E-state index contributed by atoms with van der Waals surface area (Å²) in [7, 11) is 0. The summed E-state index contributed by atoms with van der Waals surface area (Å²) in [5.41, 5.74) is 7.49. The van der Waals surface area contributed by atoms with E-state index in [2.05, 4.69) is 27.3 Å². The van der Waals surface area contributed by atoms with Gasteiger partial charge in [0, 0.05) is 29.7 Å². The smallest absolute Gasteiger partial charge is 0.312 e. The Morgan fingerprint density at radius 1 is 1.19 bits per heavy atom. The van der Waals surface area contributed by atoms with Crippen LogP contribution in [0.1, 0.15) is 31.2 Å². The third-order valence-corrected chi connectivity index (χ3v) is 7.48. The maximum Gasteiger partial charge on any atom is 0.312 e. The first-order valence-corrected chi connectivity index (χ1v) is 11.9. The summed E-state index contributed by atoms with van der Waals surface area (Å²) in [4.78, 5) is 18.3. The lowest BCUT2D eigenvalue weighted by atomic mass is 9.96. The molecule has 0 spiro atoms. The van der Waals surface area contributed by atoms with E-state index in [1.807, 2.05) is 30.3 Å². The molecule has 2 saturated heterocycles. The number of fused-ring (bicyclic) bond motifs is 3. The third kappa shape index (κ3) is 4.63. The number of benzene rings is 2. The number of nitrogens with one attached hydrogen (secondary N) is 1. The minimum Gasteiger partial charge on any atom is -0.431 e. The predicted molar refractivity (Wildman–Crippen MR) is 124 cm³/mol. The number of hydrogen-bond acceptors (Lipinski definition) is 5. The molecule has 8 heteroatoms. The number of urea groups is 1. The second kappa shape index (κ2) is 8.65. The number of carbonyl (C=O) groups excluding carboxylic acids is 1. The SMILES string of the molecule is NC(=O)NC1C[C@H]2CC[C@H](C1)N2CCc1ccc(Oc2nc3ccc(Cl)cc3s2)cc1. The molecule has 3 heterocycles. The first-order chi connectivity index (χ1) is 15.0. The summed E-state index contributed by atoms with van der Waals surface area (Å²) >= 11 is 7.55. The van der Waals surface area contributed by atoms with Gasteiger partial charge in [-0.25, -0.2) is 9.78 Å². The van der Waals surface area contributed by atoms with E-state index < -0.39 is 6.03 Å². The number of thiazole rings is 1. The van der Waals surface area contributed by atoms with E-state index in [0.29, 0.717) is 22.3 Å². The third-order valence-electron chi connectivity index (χ3n) is 6.35. The quantitative estimate of drug-likeness (QED) is 0.550. The fourth-order valence-corrected chi connectivity index (χ4v) is 6.07. The number of nitrogens with zero attached hydrogens (tertiary/aromatic N) is 2. The van der Waals surface area contributed by atoms with Crippen LogP contribution >= 0.6 is 22.9 Å². The van der Waals surface area contributed by atoms with E-state index in [9.17, 15) is 4.79 Å². The van der Waals surface area contributed by atoms with E-state index in [-0.39, 0.29) is 6.04 Å². The highest BCUT2D eigenvalue weighted by Crippen LogP contribution is 2.36. The number of amides is 2. The number of carbonyl (C=O) groups is 1. The van der Waals surface area contributed by atoms with Crippen LogP contribution in [0.25, 0.3) is 10.2 Å². The Balaban J connectivity index is 1.17. The van der Waals surface area contributed by atoms with Crippen LogP contribution in [0.5, 0.6) is 10.9 Å². The fraction of sp³-hybridized carbons (Fsp3) is 0.391. The molecule has 3 N–H and O–H groups in total. The number of aromatic nitrogens is 1. The van der Waals surface area contributed by atoms with Crippen molar-refractivity contribution in [1.82, 2.24) is 15.2 Å². The van der Waals surface area contributed by atoms with Crippen molar-refractivity contribution in [2.45, 2.75) is 50.2 Å². The van der Waals surface area contributed by atoms with Gasteiger partial charge in [-0.1, -0.05) is 35.1 Å². The maximum atomic E-state index is 11.2. The van der Waals surface area contributed by atoms with Crippen molar-refractivity contribution in [3.05, 3.63) is 53.1 Å². The van der Waals surface area contributed by atoms with Crippen LogP contribution in [-0.2, 0) is 6.42 Å². The summed E-state index contributed by atoms with van der Waals surface area (Å²) < 4.78 is 6.97.